The second-order valence-electron chi connectivity index (χ2n) is 8.28. The average molecular weight is 392 g/mol. The molecule has 0 radical (unpaired) electrons. The van der Waals surface area contributed by atoms with E-state index in [1.807, 2.05) is 0 Å². The van der Waals surface area contributed by atoms with Gasteiger partial charge in [-0.15, -0.1) is 0 Å². The van der Waals surface area contributed by atoms with Crippen LogP contribution in [0.25, 0.3) is 11.0 Å². The number of aryl methyl sites for hydroxylation is 3. The minimum atomic E-state index is 0.724. The lowest BCUT2D eigenvalue weighted by Crippen LogP contribution is -2.26. The first-order valence-corrected chi connectivity index (χ1v) is 11.1. The molecule has 2 heterocycles. The Bertz CT molecular complexity index is 918. The summed E-state index contributed by atoms with van der Waals surface area (Å²) in [4.78, 5) is 7.56. The van der Waals surface area contributed by atoms with Crippen LogP contribution in [-0.2, 0) is 13.1 Å². The van der Waals surface area contributed by atoms with Gasteiger partial charge in [-0.25, -0.2) is 4.98 Å². The Morgan fingerprint density at radius 1 is 0.897 bits per heavy atom. The molecule has 1 saturated heterocycles. The van der Waals surface area contributed by atoms with Crippen molar-refractivity contribution in [2.75, 3.05) is 19.7 Å². The molecule has 29 heavy (non-hydrogen) atoms. The molecule has 0 amide bonds. The van der Waals surface area contributed by atoms with Crippen molar-refractivity contribution in [1.82, 2.24) is 14.5 Å². The minimum absolute atomic E-state index is 0.724. The SMILES string of the molecule is Cc1cccc(C)c1OCCCn1c(CN2CCCCCC2)nc2ccccc21. The molecule has 0 N–H and O–H groups in total. The number of rotatable bonds is 7. The van der Waals surface area contributed by atoms with E-state index in [1.165, 1.54) is 61.2 Å². The van der Waals surface area contributed by atoms with E-state index >= 15 is 0 Å². The van der Waals surface area contributed by atoms with Crippen molar-refractivity contribution in [1.29, 1.82) is 0 Å². The quantitative estimate of drug-likeness (QED) is 0.498. The van der Waals surface area contributed by atoms with Crippen molar-refractivity contribution in [2.24, 2.45) is 0 Å². The molecule has 0 unspecified atom stereocenters. The molecule has 1 aromatic heterocycles. The van der Waals surface area contributed by atoms with Gasteiger partial charge in [-0.3, -0.25) is 4.90 Å². The third-order valence-corrected chi connectivity index (χ3v) is 5.98. The fraction of sp³-hybridized carbons (Fsp3) is 0.480. The summed E-state index contributed by atoms with van der Waals surface area (Å²) in [7, 11) is 0. The largest absolute Gasteiger partial charge is 0.493 e. The van der Waals surface area contributed by atoms with E-state index < -0.39 is 0 Å². The standard InChI is InChI=1S/C25H33N3O/c1-20-11-9-12-21(2)25(20)29-18-10-17-28-23-14-6-5-13-22(23)26-24(28)19-27-15-7-3-4-8-16-27/h5-6,9,11-14H,3-4,7-8,10,15-19H2,1-2H3. The van der Waals surface area contributed by atoms with Crippen LogP contribution in [0.15, 0.2) is 42.5 Å². The Balaban J connectivity index is 1.45. The van der Waals surface area contributed by atoms with Crippen LogP contribution in [0.2, 0.25) is 0 Å². The maximum absolute atomic E-state index is 6.14. The van der Waals surface area contributed by atoms with E-state index in [9.17, 15) is 0 Å². The second kappa shape index (κ2) is 9.45. The Morgan fingerprint density at radius 3 is 2.38 bits per heavy atom. The summed E-state index contributed by atoms with van der Waals surface area (Å²) in [6.45, 7) is 9.23. The first-order chi connectivity index (χ1) is 14.2. The third kappa shape index (κ3) is 4.81. The van der Waals surface area contributed by atoms with Gasteiger partial charge in [0.1, 0.15) is 11.6 Å². The number of hydrogen-bond acceptors (Lipinski definition) is 3. The number of nitrogens with zero attached hydrogens (tertiary/aromatic N) is 3. The van der Waals surface area contributed by atoms with E-state index in [4.69, 9.17) is 9.72 Å². The highest BCUT2D eigenvalue weighted by atomic mass is 16.5. The van der Waals surface area contributed by atoms with Crippen molar-refractivity contribution in [3.05, 3.63) is 59.4 Å². The first kappa shape index (κ1) is 20.0. The molecule has 0 aliphatic carbocycles. The van der Waals surface area contributed by atoms with E-state index in [-0.39, 0.29) is 0 Å². The van der Waals surface area contributed by atoms with Gasteiger partial charge in [0, 0.05) is 6.54 Å². The molecule has 0 saturated carbocycles. The molecule has 0 atom stereocenters. The Kier molecular flexibility index (Phi) is 6.50. The number of ether oxygens (including phenoxy) is 1. The van der Waals surface area contributed by atoms with E-state index in [0.29, 0.717) is 0 Å². The van der Waals surface area contributed by atoms with Crippen molar-refractivity contribution in [3.63, 3.8) is 0 Å². The van der Waals surface area contributed by atoms with Gasteiger partial charge in [0.15, 0.2) is 0 Å². The molecule has 3 aromatic rings. The first-order valence-electron chi connectivity index (χ1n) is 11.1. The van der Waals surface area contributed by atoms with Gasteiger partial charge in [-0.2, -0.15) is 0 Å². The number of benzene rings is 2. The number of imidazole rings is 1. The fourth-order valence-electron chi connectivity index (χ4n) is 4.41. The lowest BCUT2D eigenvalue weighted by atomic mass is 10.1. The molecule has 4 heteroatoms. The number of hydrogen-bond donors (Lipinski definition) is 0. The topological polar surface area (TPSA) is 30.3 Å². The highest BCUT2D eigenvalue weighted by molar-refractivity contribution is 5.75. The van der Waals surface area contributed by atoms with Gasteiger partial charge in [0.05, 0.1) is 24.2 Å². The summed E-state index contributed by atoms with van der Waals surface area (Å²) in [6.07, 6.45) is 6.32. The van der Waals surface area contributed by atoms with Gasteiger partial charge in [-0.05, 0) is 69.5 Å². The molecule has 4 nitrogen and oxygen atoms in total. The van der Waals surface area contributed by atoms with Crippen LogP contribution >= 0.6 is 0 Å². The average Bonchev–Trinajstić information content (AvgIpc) is 2.87. The smallest absolute Gasteiger partial charge is 0.125 e. The molecule has 154 valence electrons. The number of fused-ring (bicyclic) bond motifs is 1. The molecule has 1 aliphatic rings. The number of aromatic nitrogens is 2. The Morgan fingerprint density at radius 2 is 1.62 bits per heavy atom. The number of para-hydroxylation sites is 3. The third-order valence-electron chi connectivity index (χ3n) is 5.98. The zero-order chi connectivity index (χ0) is 20.1. The van der Waals surface area contributed by atoms with Crippen LogP contribution in [0.4, 0.5) is 0 Å². The summed E-state index contributed by atoms with van der Waals surface area (Å²) in [5, 5.41) is 0. The summed E-state index contributed by atoms with van der Waals surface area (Å²) in [5.41, 5.74) is 4.76. The number of likely N-dealkylation sites (tertiary alicyclic amines) is 1. The fourth-order valence-corrected chi connectivity index (χ4v) is 4.41. The molecule has 1 fully saturated rings. The molecule has 0 bridgehead atoms. The van der Waals surface area contributed by atoms with E-state index in [1.54, 1.807) is 0 Å². The lowest BCUT2D eigenvalue weighted by molar-refractivity contribution is 0.262. The van der Waals surface area contributed by atoms with Crippen molar-refractivity contribution in [3.8, 4) is 5.75 Å². The van der Waals surface area contributed by atoms with Crippen molar-refractivity contribution in [2.45, 2.75) is 59.0 Å². The molecule has 1 aliphatic heterocycles. The summed E-state index contributed by atoms with van der Waals surface area (Å²) >= 11 is 0. The zero-order valence-electron chi connectivity index (χ0n) is 17.9. The van der Waals surface area contributed by atoms with Crippen molar-refractivity contribution < 1.29 is 4.74 Å². The summed E-state index contributed by atoms with van der Waals surface area (Å²) < 4.78 is 8.55. The van der Waals surface area contributed by atoms with Crippen molar-refractivity contribution >= 4 is 11.0 Å². The maximum atomic E-state index is 6.14. The van der Waals surface area contributed by atoms with Crippen LogP contribution in [0.5, 0.6) is 5.75 Å². The molecule has 4 rings (SSSR count). The normalized spacial score (nSPS) is 15.5. The van der Waals surface area contributed by atoms with E-state index in [2.05, 4.69) is 65.8 Å². The molecule has 2 aromatic carbocycles. The van der Waals surface area contributed by atoms with Gasteiger partial charge in [-0.1, -0.05) is 43.2 Å². The van der Waals surface area contributed by atoms with Gasteiger partial charge in [0.2, 0.25) is 0 Å². The van der Waals surface area contributed by atoms with Crippen LogP contribution in [0.3, 0.4) is 0 Å². The van der Waals surface area contributed by atoms with Gasteiger partial charge >= 0.3 is 0 Å². The molecular weight excluding hydrogens is 358 g/mol. The van der Waals surface area contributed by atoms with Gasteiger partial charge in [0.25, 0.3) is 0 Å². The van der Waals surface area contributed by atoms with Crippen LogP contribution in [-0.4, -0.2) is 34.1 Å². The predicted octanol–water partition coefficient (Wildman–Crippen LogP) is 5.50. The highest BCUT2D eigenvalue weighted by Crippen LogP contribution is 2.23. The van der Waals surface area contributed by atoms with Gasteiger partial charge < -0.3 is 9.30 Å². The Hall–Kier alpha value is -2.33. The van der Waals surface area contributed by atoms with Crippen LogP contribution < -0.4 is 4.74 Å². The monoisotopic (exact) mass is 391 g/mol. The predicted molar refractivity (Wildman–Crippen MR) is 120 cm³/mol. The Labute approximate surface area is 174 Å². The highest BCUT2D eigenvalue weighted by Gasteiger charge is 2.15. The second-order valence-corrected chi connectivity index (χ2v) is 8.28. The molecule has 0 spiro atoms. The molecular formula is C25H33N3O. The zero-order valence-corrected chi connectivity index (χ0v) is 17.9. The summed E-state index contributed by atoms with van der Waals surface area (Å²) in [5.74, 6) is 2.23. The minimum Gasteiger partial charge on any atom is -0.493 e. The maximum Gasteiger partial charge on any atom is 0.125 e. The van der Waals surface area contributed by atoms with E-state index in [0.717, 1.165) is 37.4 Å². The van der Waals surface area contributed by atoms with Crippen LogP contribution in [0.1, 0.15) is 49.1 Å². The lowest BCUT2D eigenvalue weighted by Gasteiger charge is -2.20. The van der Waals surface area contributed by atoms with Crippen LogP contribution in [0, 0.1) is 13.8 Å². The summed E-state index contributed by atoms with van der Waals surface area (Å²) in [6, 6.07) is 14.8.